The smallest absolute Gasteiger partial charge is 0.267 e. The lowest BCUT2D eigenvalue weighted by atomic mass is 10.1. The van der Waals surface area contributed by atoms with Crippen molar-refractivity contribution in [1.82, 2.24) is 4.98 Å². The first-order chi connectivity index (χ1) is 15.2. The lowest BCUT2D eigenvalue weighted by Gasteiger charge is -2.30. The van der Waals surface area contributed by atoms with E-state index in [0.717, 1.165) is 16.9 Å². The Hall–Kier alpha value is -3.31. The van der Waals surface area contributed by atoms with Crippen LogP contribution < -0.4 is 23.8 Å². The van der Waals surface area contributed by atoms with Crippen molar-refractivity contribution in [3.05, 3.63) is 41.8 Å². The largest absolute Gasteiger partial charge is 0.493 e. The molecule has 0 aliphatic carbocycles. The van der Waals surface area contributed by atoms with Crippen molar-refractivity contribution in [3.63, 3.8) is 0 Å². The van der Waals surface area contributed by atoms with Gasteiger partial charge in [-0.15, -0.1) is 11.3 Å². The van der Waals surface area contributed by atoms with Crippen LogP contribution in [0.1, 0.15) is 6.92 Å². The molecule has 1 aliphatic rings. The van der Waals surface area contributed by atoms with Crippen molar-refractivity contribution in [2.45, 2.75) is 17.9 Å². The van der Waals surface area contributed by atoms with Gasteiger partial charge in [-0.2, -0.15) is 0 Å². The van der Waals surface area contributed by atoms with E-state index >= 15 is 0 Å². The number of benzene rings is 2. The number of anilines is 2. The highest BCUT2D eigenvalue weighted by Crippen LogP contribution is 2.38. The average Bonchev–Trinajstić information content (AvgIpc) is 3.24. The van der Waals surface area contributed by atoms with Crippen molar-refractivity contribution >= 4 is 38.1 Å². The first kappa shape index (κ1) is 21.9. The number of aromatic nitrogens is 1. The summed E-state index contributed by atoms with van der Waals surface area (Å²) in [7, 11) is 0.711. The monoisotopic (exact) mass is 475 g/mol. The minimum Gasteiger partial charge on any atom is -0.493 e. The van der Waals surface area contributed by atoms with Gasteiger partial charge < -0.3 is 19.1 Å². The van der Waals surface area contributed by atoms with Gasteiger partial charge >= 0.3 is 0 Å². The van der Waals surface area contributed by atoms with Gasteiger partial charge in [0, 0.05) is 24.1 Å². The van der Waals surface area contributed by atoms with E-state index in [0.29, 0.717) is 28.6 Å². The van der Waals surface area contributed by atoms with E-state index in [-0.39, 0.29) is 15.9 Å². The van der Waals surface area contributed by atoms with E-state index in [1.54, 1.807) is 36.4 Å². The van der Waals surface area contributed by atoms with Crippen LogP contribution in [0.25, 0.3) is 11.3 Å². The van der Waals surface area contributed by atoms with Crippen LogP contribution in [0.5, 0.6) is 17.2 Å². The summed E-state index contributed by atoms with van der Waals surface area (Å²) in [5.41, 5.74) is 1.93. The third-order valence-electron chi connectivity index (χ3n) is 4.99. The van der Waals surface area contributed by atoms with Gasteiger partial charge in [-0.25, -0.2) is 13.4 Å². The second-order valence-electron chi connectivity index (χ2n) is 7.00. The molecule has 1 aliphatic heterocycles. The number of fused-ring (bicyclic) bond motifs is 1. The number of nitrogens with zero attached hydrogens (tertiary/aromatic N) is 2. The summed E-state index contributed by atoms with van der Waals surface area (Å²) in [6.45, 7) is 1.70. The summed E-state index contributed by atoms with van der Waals surface area (Å²) >= 11 is 1.15. The number of nitrogens with one attached hydrogen (secondary N) is 1. The molecule has 168 valence electrons. The molecule has 9 nitrogen and oxygen atoms in total. The molecule has 1 unspecified atom stereocenters. The Kier molecular flexibility index (Phi) is 5.70. The Balaban J connectivity index is 1.59. The maximum Gasteiger partial charge on any atom is 0.267 e. The number of amides is 1. The summed E-state index contributed by atoms with van der Waals surface area (Å²) in [6.07, 6.45) is -0.546. The normalized spacial score (nSPS) is 15.7. The van der Waals surface area contributed by atoms with Crippen molar-refractivity contribution in [2.75, 3.05) is 30.9 Å². The van der Waals surface area contributed by atoms with Gasteiger partial charge in [-0.1, -0.05) is 0 Å². The van der Waals surface area contributed by atoms with Gasteiger partial charge in [0.25, 0.3) is 15.9 Å². The number of hydrogen-bond acceptors (Lipinski definition) is 8. The van der Waals surface area contributed by atoms with E-state index < -0.39 is 16.1 Å². The van der Waals surface area contributed by atoms with Crippen LogP contribution in [0.3, 0.4) is 0 Å². The number of carbonyl (C=O) groups is 1. The lowest BCUT2D eigenvalue weighted by Crippen LogP contribution is -2.41. The van der Waals surface area contributed by atoms with Gasteiger partial charge in [0.1, 0.15) is 5.75 Å². The van der Waals surface area contributed by atoms with Crippen molar-refractivity contribution in [1.29, 1.82) is 0 Å². The highest BCUT2D eigenvalue weighted by molar-refractivity contribution is 7.93. The fourth-order valence-electron chi connectivity index (χ4n) is 3.28. The molecule has 11 heteroatoms. The summed E-state index contributed by atoms with van der Waals surface area (Å²) in [4.78, 5) is 18.2. The van der Waals surface area contributed by atoms with Crippen molar-refractivity contribution in [3.8, 4) is 28.5 Å². The first-order valence-electron chi connectivity index (χ1n) is 9.52. The molecule has 0 saturated carbocycles. The number of hydrogen-bond donors (Lipinski definition) is 1. The minimum atomic E-state index is -3.89. The molecule has 2 heterocycles. The maximum atomic E-state index is 12.8. The maximum absolute atomic E-state index is 12.8. The average molecular weight is 476 g/mol. The van der Waals surface area contributed by atoms with E-state index in [9.17, 15) is 13.2 Å². The SMILES string of the molecule is COc1ccc(S(=O)(=O)Nc2nc(-c3ccc4c(c3)N(C)C(=O)C(C)O4)cs2)cc1OC. The molecule has 1 atom stereocenters. The fraction of sp³-hybridized carbons (Fsp3) is 0.238. The van der Waals surface area contributed by atoms with Crippen LogP contribution >= 0.6 is 11.3 Å². The Bertz CT molecular complexity index is 1290. The van der Waals surface area contributed by atoms with Crippen LogP contribution in [0.15, 0.2) is 46.7 Å². The second kappa shape index (κ2) is 8.32. The number of carbonyl (C=O) groups excluding carboxylic acids is 1. The van der Waals surface area contributed by atoms with Crippen molar-refractivity contribution < 1.29 is 27.4 Å². The third kappa shape index (κ3) is 3.96. The molecule has 0 saturated heterocycles. The molecular formula is C21H21N3O6S2. The number of methoxy groups -OCH3 is 2. The zero-order chi connectivity index (χ0) is 23.0. The zero-order valence-corrected chi connectivity index (χ0v) is 19.4. The highest BCUT2D eigenvalue weighted by atomic mass is 32.2. The van der Waals surface area contributed by atoms with E-state index in [1.807, 2.05) is 6.07 Å². The number of rotatable bonds is 6. The third-order valence-corrected chi connectivity index (χ3v) is 7.21. The Labute approximate surface area is 189 Å². The molecule has 3 aromatic rings. The molecule has 0 radical (unpaired) electrons. The number of likely N-dealkylation sites (N-methyl/N-ethyl adjacent to an activating group) is 1. The van der Waals surface area contributed by atoms with Gasteiger partial charge in [0.15, 0.2) is 22.7 Å². The molecule has 0 fully saturated rings. The van der Waals surface area contributed by atoms with Crippen LogP contribution in [0.4, 0.5) is 10.8 Å². The topological polar surface area (TPSA) is 107 Å². The Morgan fingerprint density at radius 2 is 1.88 bits per heavy atom. The van der Waals surface area contributed by atoms with E-state index in [2.05, 4.69) is 9.71 Å². The molecule has 1 amide bonds. The quantitative estimate of drug-likeness (QED) is 0.582. The molecule has 2 aromatic carbocycles. The lowest BCUT2D eigenvalue weighted by molar-refractivity contribution is -0.125. The Morgan fingerprint density at radius 3 is 2.59 bits per heavy atom. The molecule has 4 rings (SSSR count). The van der Waals surface area contributed by atoms with Crippen LogP contribution in [0, 0.1) is 0 Å². The van der Waals surface area contributed by atoms with Gasteiger partial charge in [0.05, 0.1) is 30.5 Å². The summed E-state index contributed by atoms with van der Waals surface area (Å²) in [6, 6.07) is 9.71. The zero-order valence-electron chi connectivity index (χ0n) is 17.8. The van der Waals surface area contributed by atoms with Crippen LogP contribution in [-0.2, 0) is 14.8 Å². The van der Waals surface area contributed by atoms with Crippen molar-refractivity contribution in [2.24, 2.45) is 0 Å². The second-order valence-corrected chi connectivity index (χ2v) is 9.54. The van der Waals surface area contributed by atoms with Crippen LogP contribution in [-0.4, -0.2) is 46.7 Å². The number of thiazole rings is 1. The summed E-state index contributed by atoms with van der Waals surface area (Å²) < 4.78 is 44.1. The van der Waals surface area contributed by atoms with Gasteiger partial charge in [-0.05, 0) is 37.3 Å². The van der Waals surface area contributed by atoms with E-state index in [4.69, 9.17) is 14.2 Å². The Morgan fingerprint density at radius 1 is 1.12 bits per heavy atom. The van der Waals surface area contributed by atoms with Gasteiger partial charge in [-0.3, -0.25) is 9.52 Å². The standard InChI is InChI=1S/C21H21N3O6S2/c1-12-20(25)24(2)16-9-13(5-7-17(16)30-12)15-11-31-21(22-15)23-32(26,27)14-6-8-18(28-3)19(10-14)29-4/h5-12H,1-4H3,(H,22,23). The van der Waals surface area contributed by atoms with Crippen LogP contribution in [0.2, 0.25) is 0 Å². The minimum absolute atomic E-state index is 0.0205. The first-order valence-corrected chi connectivity index (χ1v) is 11.9. The number of sulfonamides is 1. The molecule has 1 N–H and O–H groups in total. The molecular weight excluding hydrogens is 454 g/mol. The molecule has 0 spiro atoms. The van der Waals surface area contributed by atoms with E-state index in [1.165, 1.54) is 32.4 Å². The highest BCUT2D eigenvalue weighted by Gasteiger charge is 2.29. The molecule has 0 bridgehead atoms. The molecule has 1 aromatic heterocycles. The summed E-state index contributed by atoms with van der Waals surface area (Å²) in [5, 5.41) is 1.95. The predicted molar refractivity (Wildman–Crippen MR) is 121 cm³/mol. The fourth-order valence-corrected chi connectivity index (χ4v) is 5.27. The summed E-state index contributed by atoms with van der Waals surface area (Å²) in [5.74, 6) is 1.20. The molecule has 32 heavy (non-hydrogen) atoms. The number of ether oxygens (including phenoxy) is 3. The van der Waals surface area contributed by atoms with Gasteiger partial charge in [0.2, 0.25) is 0 Å². The predicted octanol–water partition coefficient (Wildman–Crippen LogP) is 3.37.